The number of benzene rings is 2. The minimum Gasteiger partial charge on any atom is -0.338 e. The van der Waals surface area contributed by atoms with Gasteiger partial charge < -0.3 is 10.2 Å². The van der Waals surface area contributed by atoms with E-state index in [0.29, 0.717) is 30.8 Å². The molecule has 0 unspecified atom stereocenters. The smallest absolute Gasteiger partial charge is 0.253 e. The summed E-state index contributed by atoms with van der Waals surface area (Å²) >= 11 is 6.34. The van der Waals surface area contributed by atoms with Gasteiger partial charge in [0.15, 0.2) is 0 Å². The third-order valence-corrected chi connectivity index (χ3v) is 7.26. The Bertz CT molecular complexity index is 1320. The molecule has 3 aromatic rings. The first kappa shape index (κ1) is 24.3. The van der Waals surface area contributed by atoms with Crippen LogP contribution in [0.1, 0.15) is 65.3 Å². The maximum Gasteiger partial charge on any atom is 0.253 e. The number of amides is 2. The molecule has 1 fully saturated rings. The van der Waals surface area contributed by atoms with Crippen molar-refractivity contribution >= 4 is 34.7 Å². The lowest BCUT2D eigenvalue weighted by Crippen LogP contribution is -2.36. The Morgan fingerprint density at radius 2 is 1.72 bits per heavy atom. The number of aromatic nitrogens is 1. The first-order valence-electron chi connectivity index (χ1n) is 12.7. The van der Waals surface area contributed by atoms with Crippen LogP contribution < -0.4 is 5.32 Å². The summed E-state index contributed by atoms with van der Waals surface area (Å²) in [6.45, 7) is 3.30. The van der Waals surface area contributed by atoms with E-state index in [1.807, 2.05) is 30.2 Å². The Balaban J connectivity index is 1.36. The predicted octanol–water partition coefficient (Wildman–Crippen LogP) is 6.31. The summed E-state index contributed by atoms with van der Waals surface area (Å²) in [5.41, 5.74) is 8.72. The molecule has 0 bridgehead atoms. The van der Waals surface area contributed by atoms with Gasteiger partial charge in [0.2, 0.25) is 5.91 Å². The largest absolute Gasteiger partial charge is 0.338 e. The molecule has 5 rings (SSSR count). The number of carbonyl (C=O) groups excluding carboxylic acids is 2. The summed E-state index contributed by atoms with van der Waals surface area (Å²) in [7, 11) is 0. The van der Waals surface area contributed by atoms with Gasteiger partial charge in [0.05, 0.1) is 5.69 Å². The molecule has 184 valence electrons. The number of hydrogen-bond acceptors (Lipinski definition) is 3. The maximum atomic E-state index is 13.2. The number of pyridine rings is 1. The Kier molecular flexibility index (Phi) is 7.19. The van der Waals surface area contributed by atoms with Gasteiger partial charge in [0.25, 0.3) is 5.91 Å². The van der Waals surface area contributed by atoms with Gasteiger partial charge >= 0.3 is 0 Å². The molecule has 1 aliphatic carbocycles. The molecule has 0 radical (unpaired) electrons. The van der Waals surface area contributed by atoms with Crippen molar-refractivity contribution in [3.05, 3.63) is 99.3 Å². The lowest BCUT2D eigenvalue weighted by molar-refractivity contribution is -0.116. The number of aryl methyl sites for hydroxylation is 2. The highest BCUT2D eigenvalue weighted by molar-refractivity contribution is 6.30. The van der Waals surface area contributed by atoms with Gasteiger partial charge in [-0.3, -0.25) is 14.6 Å². The van der Waals surface area contributed by atoms with E-state index in [9.17, 15) is 9.59 Å². The molecule has 1 aromatic heterocycles. The van der Waals surface area contributed by atoms with E-state index in [0.717, 1.165) is 42.8 Å². The van der Waals surface area contributed by atoms with Crippen molar-refractivity contribution in [3.63, 3.8) is 0 Å². The van der Waals surface area contributed by atoms with Gasteiger partial charge in [-0.25, -0.2) is 0 Å². The van der Waals surface area contributed by atoms with Crippen LogP contribution in [-0.4, -0.2) is 34.8 Å². The molecule has 0 saturated carbocycles. The van der Waals surface area contributed by atoms with E-state index in [-0.39, 0.29) is 11.8 Å². The van der Waals surface area contributed by atoms with Crippen molar-refractivity contribution in [1.29, 1.82) is 0 Å². The van der Waals surface area contributed by atoms with E-state index in [1.54, 1.807) is 24.3 Å². The summed E-state index contributed by atoms with van der Waals surface area (Å²) < 4.78 is 0. The minimum absolute atomic E-state index is 0.00778. The summed E-state index contributed by atoms with van der Waals surface area (Å²) in [4.78, 5) is 31.8. The van der Waals surface area contributed by atoms with Gasteiger partial charge in [0, 0.05) is 47.6 Å². The van der Waals surface area contributed by atoms with E-state index in [2.05, 4.69) is 23.5 Å². The van der Waals surface area contributed by atoms with Crippen molar-refractivity contribution in [2.24, 2.45) is 0 Å². The Morgan fingerprint density at radius 3 is 2.47 bits per heavy atom. The number of rotatable bonds is 4. The fraction of sp³-hybridized carbons (Fsp3) is 0.300. The Morgan fingerprint density at radius 1 is 0.972 bits per heavy atom. The number of carbonyl (C=O) groups is 2. The molecule has 0 atom stereocenters. The number of fused-ring (bicyclic) bond motifs is 2. The second-order valence-electron chi connectivity index (χ2n) is 9.46. The van der Waals surface area contributed by atoms with Gasteiger partial charge in [-0.1, -0.05) is 36.2 Å². The average molecular weight is 500 g/mol. The zero-order valence-electron chi connectivity index (χ0n) is 20.5. The summed E-state index contributed by atoms with van der Waals surface area (Å²) in [5.74, 6) is 0.0173. The number of anilines is 1. The molecule has 1 aliphatic heterocycles. The number of hydrogen-bond donors (Lipinski definition) is 1. The first-order valence-corrected chi connectivity index (χ1v) is 13.1. The normalized spacial score (nSPS) is 15.1. The highest BCUT2D eigenvalue weighted by atomic mass is 35.5. The quantitative estimate of drug-likeness (QED) is 0.457. The summed E-state index contributed by atoms with van der Waals surface area (Å²) in [6, 6.07) is 17.5. The molecule has 2 amide bonds. The van der Waals surface area contributed by atoms with Crippen LogP contribution in [0.25, 0.3) is 5.57 Å². The summed E-state index contributed by atoms with van der Waals surface area (Å²) in [5, 5.41) is 3.63. The second-order valence-corrected chi connectivity index (χ2v) is 9.90. The third-order valence-electron chi connectivity index (χ3n) is 7.03. The standard InChI is InChI=1S/C30H30ClN3O2/c1-2-4-27(35)33-25-11-8-22(9-12-25)30(36)34-17-14-20(15-18-34)28-26-13-10-24(31)19-23(26)7-6-21-5-3-16-32-29(21)28/h3,5,8-13,16,19H,2,4,6-7,14-15,17-18H2,1H3,(H,33,35). The summed E-state index contributed by atoms with van der Waals surface area (Å²) in [6.07, 6.45) is 6.65. The van der Waals surface area contributed by atoms with E-state index < -0.39 is 0 Å². The molecular weight excluding hydrogens is 470 g/mol. The molecule has 2 aromatic carbocycles. The topological polar surface area (TPSA) is 62.3 Å². The maximum absolute atomic E-state index is 13.2. The van der Waals surface area contributed by atoms with Gasteiger partial charge in [0.1, 0.15) is 0 Å². The molecule has 1 N–H and O–H groups in total. The fourth-order valence-corrected chi connectivity index (χ4v) is 5.39. The Labute approximate surface area is 217 Å². The van der Waals surface area contributed by atoms with Crippen molar-refractivity contribution in [3.8, 4) is 0 Å². The molecule has 1 saturated heterocycles. The van der Waals surface area contributed by atoms with Crippen LogP contribution >= 0.6 is 11.6 Å². The fourth-order valence-electron chi connectivity index (χ4n) is 5.19. The zero-order valence-corrected chi connectivity index (χ0v) is 21.3. The molecule has 36 heavy (non-hydrogen) atoms. The first-order chi connectivity index (χ1) is 17.5. The van der Waals surface area contributed by atoms with Crippen LogP contribution in [0.5, 0.6) is 0 Å². The van der Waals surface area contributed by atoms with Gasteiger partial charge in [-0.15, -0.1) is 0 Å². The lowest BCUT2D eigenvalue weighted by atomic mass is 9.88. The zero-order chi connectivity index (χ0) is 25.1. The van der Waals surface area contributed by atoms with Crippen molar-refractivity contribution in [2.45, 2.75) is 45.4 Å². The van der Waals surface area contributed by atoms with E-state index in [1.165, 1.54) is 27.8 Å². The van der Waals surface area contributed by atoms with Crippen LogP contribution in [0.2, 0.25) is 5.02 Å². The van der Waals surface area contributed by atoms with Crippen LogP contribution in [0.3, 0.4) is 0 Å². The molecular formula is C30H30ClN3O2. The monoisotopic (exact) mass is 499 g/mol. The number of nitrogens with zero attached hydrogens (tertiary/aromatic N) is 2. The number of nitrogens with one attached hydrogen (secondary N) is 1. The molecule has 0 spiro atoms. The average Bonchev–Trinajstić information content (AvgIpc) is 3.05. The highest BCUT2D eigenvalue weighted by Gasteiger charge is 2.27. The lowest BCUT2D eigenvalue weighted by Gasteiger charge is -2.30. The Hall–Kier alpha value is -3.44. The van der Waals surface area contributed by atoms with E-state index >= 15 is 0 Å². The van der Waals surface area contributed by atoms with Gasteiger partial charge in [-0.05, 0) is 91.3 Å². The number of likely N-dealkylation sites (tertiary alicyclic amines) is 1. The molecule has 2 heterocycles. The third kappa shape index (κ3) is 5.07. The molecule has 6 heteroatoms. The second kappa shape index (κ2) is 10.7. The van der Waals surface area contributed by atoms with Crippen LogP contribution in [0.15, 0.2) is 66.4 Å². The number of piperidine rings is 1. The van der Waals surface area contributed by atoms with Crippen molar-refractivity contribution < 1.29 is 9.59 Å². The van der Waals surface area contributed by atoms with E-state index in [4.69, 9.17) is 16.6 Å². The van der Waals surface area contributed by atoms with Crippen LogP contribution in [-0.2, 0) is 17.6 Å². The molecule has 5 nitrogen and oxygen atoms in total. The minimum atomic E-state index is -0.00778. The highest BCUT2D eigenvalue weighted by Crippen LogP contribution is 2.38. The SMILES string of the molecule is CCCC(=O)Nc1ccc(C(=O)N2CCC(=C3c4ccc(Cl)cc4CCc4cccnc43)CC2)cc1. The van der Waals surface area contributed by atoms with Crippen LogP contribution in [0.4, 0.5) is 5.69 Å². The molecule has 2 aliphatic rings. The predicted molar refractivity (Wildman–Crippen MR) is 144 cm³/mol. The number of halogens is 1. The van der Waals surface area contributed by atoms with Crippen molar-refractivity contribution in [1.82, 2.24) is 9.88 Å². The van der Waals surface area contributed by atoms with Gasteiger partial charge in [-0.2, -0.15) is 0 Å². The van der Waals surface area contributed by atoms with Crippen molar-refractivity contribution in [2.75, 3.05) is 18.4 Å². The van der Waals surface area contributed by atoms with Crippen LogP contribution in [0, 0.1) is 0 Å².